The van der Waals surface area contributed by atoms with E-state index < -0.39 is 10.0 Å². The molecule has 2 aromatic carbocycles. The smallest absolute Gasteiger partial charge is 0.360 e. The van der Waals surface area contributed by atoms with E-state index in [1.165, 1.54) is 3.97 Å². The van der Waals surface area contributed by atoms with Crippen LogP contribution in [0.4, 0.5) is 0 Å². The summed E-state index contributed by atoms with van der Waals surface area (Å²) < 4.78 is 26.1. The molecule has 3 aromatic rings. The van der Waals surface area contributed by atoms with Crippen LogP contribution in [0, 0.1) is 6.20 Å². The quantitative estimate of drug-likeness (QED) is 0.469. The van der Waals surface area contributed by atoms with Crippen molar-refractivity contribution < 1.29 is 27.3 Å². The Morgan fingerprint density at radius 1 is 0.895 bits per heavy atom. The monoisotopic (exact) mass is 263 g/mol. The molecule has 0 fully saturated rings. The normalized spacial score (nSPS) is 11.2. The number of hydrogen-bond donors (Lipinski definition) is 0. The van der Waals surface area contributed by atoms with Gasteiger partial charge in [0.2, 0.25) is 10.0 Å². The van der Waals surface area contributed by atoms with Crippen LogP contribution in [0.5, 0.6) is 0 Å². The molecule has 1 heterocycles. The molecule has 0 aliphatic carbocycles. The molecule has 5 heteroatoms. The van der Waals surface area contributed by atoms with Crippen LogP contribution in [-0.4, -0.2) is 12.4 Å². The van der Waals surface area contributed by atoms with Crippen LogP contribution in [0.15, 0.2) is 65.6 Å². The van der Waals surface area contributed by atoms with Crippen molar-refractivity contribution in [2.75, 3.05) is 0 Å². The third-order valence-electron chi connectivity index (χ3n) is 2.77. The molecule has 0 N–H and O–H groups in total. The van der Waals surface area contributed by atoms with Crippen molar-refractivity contribution >= 4 is 20.9 Å². The van der Waals surface area contributed by atoms with Crippen molar-refractivity contribution in [3.8, 4) is 0 Å². The number of aromatic nitrogens is 1. The Bertz CT molecular complexity index is 794. The van der Waals surface area contributed by atoms with Crippen LogP contribution in [-0.2, 0) is 10.0 Å². The van der Waals surface area contributed by atoms with Crippen LogP contribution in [0.1, 0.15) is 0 Å². The van der Waals surface area contributed by atoms with Crippen molar-refractivity contribution in [1.29, 1.82) is 0 Å². The van der Waals surface area contributed by atoms with E-state index in [0.29, 0.717) is 5.52 Å². The minimum atomic E-state index is -3.56. The van der Waals surface area contributed by atoms with E-state index in [0.717, 1.165) is 5.39 Å². The molecule has 3 nitrogen and oxygen atoms in total. The van der Waals surface area contributed by atoms with Crippen LogP contribution >= 0.6 is 0 Å². The second-order valence-electron chi connectivity index (χ2n) is 3.91. The predicted octanol–water partition coefficient (Wildman–Crippen LogP) is -0.318. The maximum absolute atomic E-state index is 12.4. The van der Waals surface area contributed by atoms with Gasteiger partial charge in [-0.25, -0.2) is 8.42 Å². The summed E-state index contributed by atoms with van der Waals surface area (Å²) in [6.45, 7) is 0. The summed E-state index contributed by atoms with van der Waals surface area (Å²) in [4.78, 5) is 0.266. The molecule has 90 valence electrons. The second-order valence-corrected chi connectivity index (χ2v) is 5.70. The number of hydrogen-bond acceptors (Lipinski definition) is 2. The Labute approximate surface area is 124 Å². The van der Waals surface area contributed by atoms with Crippen molar-refractivity contribution in [2.45, 2.75) is 4.90 Å². The standard InChI is InChI=1S/C14H10NO2S.Li/c16-18(17,13-7-2-1-3-8-13)15-11-10-12-6-4-5-9-14(12)15;/h1-10H;/q-1;+1. The Kier molecular flexibility index (Phi) is 3.86. The van der Waals surface area contributed by atoms with Gasteiger partial charge in [-0.05, 0) is 12.1 Å². The van der Waals surface area contributed by atoms with E-state index in [-0.39, 0.29) is 23.8 Å². The van der Waals surface area contributed by atoms with Crippen molar-refractivity contribution in [1.82, 2.24) is 3.97 Å². The SMILES string of the molecule is O=S(=O)(c1ccccc1)n1[c-]cc2ccccc21.[Li+]. The molecule has 0 aliphatic heterocycles. The molecule has 1 aromatic heterocycles. The first-order valence-corrected chi connectivity index (χ1v) is 6.92. The van der Waals surface area contributed by atoms with Gasteiger partial charge in [-0.15, -0.1) is 12.1 Å². The van der Waals surface area contributed by atoms with Crippen LogP contribution < -0.4 is 18.9 Å². The average molecular weight is 263 g/mol. The molecule has 0 amide bonds. The van der Waals surface area contributed by atoms with Gasteiger partial charge >= 0.3 is 18.9 Å². The van der Waals surface area contributed by atoms with Crippen LogP contribution in [0.2, 0.25) is 0 Å². The number of fused-ring (bicyclic) bond motifs is 1. The van der Waals surface area contributed by atoms with Gasteiger partial charge in [0.15, 0.2) is 0 Å². The largest absolute Gasteiger partial charge is 1.00 e. The summed E-state index contributed by atoms with van der Waals surface area (Å²) in [5, 5.41) is 0.858. The maximum atomic E-state index is 12.4. The van der Waals surface area contributed by atoms with Crippen molar-refractivity contribution in [3.63, 3.8) is 0 Å². The summed E-state index contributed by atoms with van der Waals surface area (Å²) in [5.74, 6) is 0. The first kappa shape index (κ1) is 13.9. The van der Waals surface area contributed by atoms with Crippen molar-refractivity contribution in [2.24, 2.45) is 0 Å². The van der Waals surface area contributed by atoms with Gasteiger partial charge in [-0.1, -0.05) is 42.0 Å². The zero-order valence-electron chi connectivity index (χ0n) is 10.4. The molecule has 0 radical (unpaired) electrons. The fraction of sp³-hybridized carbons (Fsp3) is 0. The van der Waals surface area contributed by atoms with E-state index in [1.807, 2.05) is 18.2 Å². The molecule has 3 rings (SSSR count). The van der Waals surface area contributed by atoms with Crippen molar-refractivity contribution in [3.05, 3.63) is 66.9 Å². The Hall–Kier alpha value is -1.47. The molecular weight excluding hydrogens is 253 g/mol. The van der Waals surface area contributed by atoms with Gasteiger partial charge in [0.1, 0.15) is 0 Å². The Morgan fingerprint density at radius 2 is 1.53 bits per heavy atom. The second kappa shape index (κ2) is 5.26. The molecule has 0 unspecified atom stereocenters. The zero-order chi connectivity index (χ0) is 12.6. The molecule has 0 aliphatic rings. The van der Waals surface area contributed by atoms with Gasteiger partial charge in [-0.2, -0.15) is 11.5 Å². The van der Waals surface area contributed by atoms with Gasteiger partial charge in [-0.3, -0.25) is 0 Å². The van der Waals surface area contributed by atoms with E-state index in [4.69, 9.17) is 0 Å². The molecule has 0 saturated carbocycles. The summed E-state index contributed by atoms with van der Waals surface area (Å²) in [7, 11) is -3.56. The van der Waals surface area contributed by atoms with E-state index in [9.17, 15) is 8.42 Å². The molecule has 0 bridgehead atoms. The van der Waals surface area contributed by atoms with Crippen LogP contribution in [0.25, 0.3) is 10.9 Å². The van der Waals surface area contributed by atoms with Gasteiger partial charge in [0, 0.05) is 0 Å². The molecule has 0 atom stereocenters. The number of benzene rings is 2. The summed E-state index contributed by atoms with van der Waals surface area (Å²) in [6, 6.07) is 17.4. The minimum Gasteiger partial charge on any atom is -0.360 e. The van der Waals surface area contributed by atoms with Gasteiger partial charge in [0.05, 0.1) is 4.90 Å². The first-order valence-electron chi connectivity index (χ1n) is 5.48. The Balaban J connectivity index is 0.00000133. The van der Waals surface area contributed by atoms with Gasteiger partial charge in [0.25, 0.3) is 0 Å². The predicted molar refractivity (Wildman–Crippen MR) is 69.8 cm³/mol. The topological polar surface area (TPSA) is 39.1 Å². The third kappa shape index (κ3) is 2.35. The van der Waals surface area contributed by atoms with Crippen LogP contribution in [0.3, 0.4) is 0 Å². The molecule has 19 heavy (non-hydrogen) atoms. The number of para-hydroxylation sites is 1. The number of rotatable bonds is 2. The summed E-state index contributed by atoms with van der Waals surface area (Å²) >= 11 is 0. The molecular formula is C14H10LiNO2S. The number of nitrogens with zero attached hydrogens (tertiary/aromatic N) is 1. The minimum absolute atomic E-state index is 0. The fourth-order valence-corrected chi connectivity index (χ4v) is 3.22. The zero-order valence-corrected chi connectivity index (χ0v) is 11.3. The molecule has 0 spiro atoms. The third-order valence-corrected chi connectivity index (χ3v) is 4.42. The van der Waals surface area contributed by atoms with E-state index in [1.54, 1.807) is 42.5 Å². The first-order chi connectivity index (χ1) is 8.69. The van der Waals surface area contributed by atoms with Gasteiger partial charge < -0.3 is 3.97 Å². The fourth-order valence-electron chi connectivity index (χ4n) is 1.89. The Morgan fingerprint density at radius 3 is 2.26 bits per heavy atom. The van der Waals surface area contributed by atoms with E-state index >= 15 is 0 Å². The summed E-state index contributed by atoms with van der Waals surface area (Å²) in [5.41, 5.74) is 0.640. The average Bonchev–Trinajstić information content (AvgIpc) is 2.84. The summed E-state index contributed by atoms with van der Waals surface area (Å²) in [6.07, 6.45) is 2.78. The van der Waals surface area contributed by atoms with E-state index in [2.05, 4.69) is 6.20 Å². The maximum Gasteiger partial charge on any atom is 1.00 e. The molecule has 0 saturated heterocycles.